The standard InChI is InChI=1S/C29H30F3N3O/c1-19-4-6-20(7-5-19)24(21-8-10-22(30)11-9-21)3-2-14-34-15-12-23(13-16-34)35-28-18-26(32)25(31)17-27(28)33-29(35)36/h4-11,17-18,23-24H,2-3,12-16H2,1H3,(H,33,36). The molecule has 3 aromatic carbocycles. The molecule has 0 radical (unpaired) electrons. The first-order valence-corrected chi connectivity index (χ1v) is 12.5. The average molecular weight is 494 g/mol. The molecular weight excluding hydrogens is 463 g/mol. The number of halogens is 3. The van der Waals surface area contributed by atoms with Gasteiger partial charge in [-0.2, -0.15) is 0 Å². The van der Waals surface area contributed by atoms with Crippen LogP contribution in [0.4, 0.5) is 13.2 Å². The molecule has 0 bridgehead atoms. The number of imidazole rings is 1. The number of fused-ring (bicyclic) bond motifs is 1. The molecule has 1 atom stereocenters. The molecule has 0 amide bonds. The summed E-state index contributed by atoms with van der Waals surface area (Å²) in [5, 5.41) is 0. The fraction of sp³-hybridized carbons (Fsp3) is 0.345. The summed E-state index contributed by atoms with van der Waals surface area (Å²) in [6, 6.07) is 17.4. The van der Waals surface area contributed by atoms with Gasteiger partial charge in [0.25, 0.3) is 0 Å². The minimum Gasteiger partial charge on any atom is -0.305 e. The number of rotatable bonds is 7. The van der Waals surface area contributed by atoms with E-state index in [1.807, 2.05) is 12.1 Å². The zero-order valence-corrected chi connectivity index (χ0v) is 20.3. The number of aromatic nitrogens is 2. The second-order valence-electron chi connectivity index (χ2n) is 9.81. The Bertz CT molecular complexity index is 1340. The van der Waals surface area contributed by atoms with Gasteiger partial charge < -0.3 is 9.88 Å². The topological polar surface area (TPSA) is 41.0 Å². The molecule has 1 fully saturated rings. The molecule has 1 aliphatic heterocycles. The van der Waals surface area contributed by atoms with E-state index in [9.17, 15) is 18.0 Å². The quantitative estimate of drug-likeness (QED) is 0.328. The molecule has 36 heavy (non-hydrogen) atoms. The Hall–Kier alpha value is -3.32. The molecule has 1 unspecified atom stereocenters. The molecule has 0 aliphatic carbocycles. The van der Waals surface area contributed by atoms with E-state index in [-0.39, 0.29) is 23.5 Å². The van der Waals surface area contributed by atoms with Crippen molar-refractivity contribution >= 4 is 11.0 Å². The van der Waals surface area contributed by atoms with Crippen molar-refractivity contribution in [3.05, 3.63) is 105 Å². The highest BCUT2D eigenvalue weighted by Crippen LogP contribution is 2.31. The van der Waals surface area contributed by atoms with Gasteiger partial charge in [0.05, 0.1) is 11.0 Å². The van der Waals surface area contributed by atoms with Crippen LogP contribution in [0.1, 0.15) is 54.3 Å². The summed E-state index contributed by atoms with van der Waals surface area (Å²) in [7, 11) is 0. The Kier molecular flexibility index (Phi) is 7.01. The normalized spacial score (nSPS) is 16.0. The van der Waals surface area contributed by atoms with Gasteiger partial charge in [-0.05, 0) is 62.4 Å². The van der Waals surface area contributed by atoms with Crippen molar-refractivity contribution in [1.29, 1.82) is 0 Å². The number of aryl methyl sites for hydroxylation is 1. The van der Waals surface area contributed by atoms with Gasteiger partial charge in [-0.15, -0.1) is 0 Å². The van der Waals surface area contributed by atoms with Crippen LogP contribution < -0.4 is 5.69 Å². The molecule has 1 saturated heterocycles. The van der Waals surface area contributed by atoms with E-state index in [0.717, 1.165) is 63.0 Å². The molecule has 4 aromatic rings. The molecule has 0 saturated carbocycles. The van der Waals surface area contributed by atoms with E-state index in [4.69, 9.17) is 0 Å². The fourth-order valence-electron chi connectivity index (χ4n) is 5.42. The van der Waals surface area contributed by atoms with Crippen LogP contribution >= 0.6 is 0 Å². The summed E-state index contributed by atoms with van der Waals surface area (Å²) in [6.07, 6.45) is 3.47. The maximum atomic E-state index is 13.8. The van der Waals surface area contributed by atoms with Crippen LogP contribution in [0, 0.1) is 24.4 Å². The molecule has 1 N–H and O–H groups in total. The number of nitrogens with one attached hydrogen (secondary N) is 1. The van der Waals surface area contributed by atoms with Gasteiger partial charge in [-0.25, -0.2) is 18.0 Å². The van der Waals surface area contributed by atoms with Gasteiger partial charge >= 0.3 is 5.69 Å². The first kappa shape index (κ1) is 24.4. The van der Waals surface area contributed by atoms with Crippen molar-refractivity contribution in [3.8, 4) is 0 Å². The van der Waals surface area contributed by atoms with Crippen molar-refractivity contribution in [2.45, 2.75) is 44.6 Å². The smallest absolute Gasteiger partial charge is 0.305 e. The number of piperidine rings is 1. The molecule has 1 aromatic heterocycles. The van der Waals surface area contributed by atoms with Gasteiger partial charge in [0.2, 0.25) is 0 Å². The minimum atomic E-state index is -0.963. The number of aromatic amines is 1. The van der Waals surface area contributed by atoms with Crippen molar-refractivity contribution in [2.24, 2.45) is 0 Å². The number of likely N-dealkylation sites (tertiary alicyclic amines) is 1. The second-order valence-corrected chi connectivity index (χ2v) is 9.81. The lowest BCUT2D eigenvalue weighted by Crippen LogP contribution is -2.37. The van der Waals surface area contributed by atoms with Crippen LogP contribution in [0.25, 0.3) is 11.0 Å². The summed E-state index contributed by atoms with van der Waals surface area (Å²) in [5.74, 6) is -1.94. The summed E-state index contributed by atoms with van der Waals surface area (Å²) in [5.41, 5.74) is 3.96. The number of H-pyrrole nitrogens is 1. The zero-order chi connectivity index (χ0) is 25.2. The van der Waals surface area contributed by atoms with Crippen molar-refractivity contribution < 1.29 is 13.2 Å². The van der Waals surface area contributed by atoms with E-state index >= 15 is 0 Å². The van der Waals surface area contributed by atoms with Crippen molar-refractivity contribution in [2.75, 3.05) is 19.6 Å². The van der Waals surface area contributed by atoms with Crippen LogP contribution in [0.3, 0.4) is 0 Å². The maximum Gasteiger partial charge on any atom is 0.326 e. The fourth-order valence-corrected chi connectivity index (χ4v) is 5.42. The number of nitrogens with zero attached hydrogens (tertiary/aromatic N) is 2. The summed E-state index contributed by atoms with van der Waals surface area (Å²) in [6.45, 7) is 4.66. The molecule has 2 heterocycles. The van der Waals surface area contributed by atoms with Crippen molar-refractivity contribution in [1.82, 2.24) is 14.5 Å². The Morgan fingerprint density at radius 3 is 2.19 bits per heavy atom. The van der Waals surface area contributed by atoms with Crippen LogP contribution in [-0.4, -0.2) is 34.1 Å². The van der Waals surface area contributed by atoms with Crippen molar-refractivity contribution in [3.63, 3.8) is 0 Å². The average Bonchev–Trinajstić information content (AvgIpc) is 3.18. The predicted octanol–water partition coefficient (Wildman–Crippen LogP) is 6.30. The Morgan fingerprint density at radius 2 is 1.53 bits per heavy atom. The largest absolute Gasteiger partial charge is 0.326 e. The highest BCUT2D eigenvalue weighted by molar-refractivity contribution is 5.75. The predicted molar refractivity (Wildman–Crippen MR) is 136 cm³/mol. The molecule has 188 valence electrons. The molecular formula is C29H30F3N3O. The van der Waals surface area contributed by atoms with Gasteiger partial charge in [0.1, 0.15) is 5.82 Å². The highest BCUT2D eigenvalue weighted by atomic mass is 19.2. The third-order valence-electron chi connectivity index (χ3n) is 7.40. The maximum absolute atomic E-state index is 13.8. The minimum absolute atomic E-state index is 0.0492. The summed E-state index contributed by atoms with van der Waals surface area (Å²) < 4.78 is 42.5. The number of hydrogen-bond acceptors (Lipinski definition) is 2. The summed E-state index contributed by atoms with van der Waals surface area (Å²) >= 11 is 0. The van der Waals surface area contributed by atoms with Crippen LogP contribution in [0.5, 0.6) is 0 Å². The molecule has 4 nitrogen and oxygen atoms in total. The molecule has 1 aliphatic rings. The second kappa shape index (κ2) is 10.3. The van der Waals surface area contributed by atoms with Gasteiger partial charge in [-0.3, -0.25) is 4.57 Å². The Balaban J connectivity index is 1.22. The SMILES string of the molecule is Cc1ccc(C(CCCN2CCC(n3c(=O)[nH]c4cc(F)c(F)cc43)CC2)c2ccc(F)cc2)cc1. The summed E-state index contributed by atoms with van der Waals surface area (Å²) in [4.78, 5) is 17.6. The Morgan fingerprint density at radius 1 is 0.917 bits per heavy atom. The van der Waals surface area contributed by atoms with Crippen LogP contribution in [0.2, 0.25) is 0 Å². The molecule has 5 rings (SSSR count). The van der Waals surface area contributed by atoms with Gasteiger partial charge in [0.15, 0.2) is 11.6 Å². The lowest BCUT2D eigenvalue weighted by Gasteiger charge is -2.33. The van der Waals surface area contributed by atoms with E-state index < -0.39 is 11.6 Å². The number of benzene rings is 3. The Labute approximate surface area is 208 Å². The third-order valence-corrected chi connectivity index (χ3v) is 7.40. The van der Waals surface area contributed by atoms with Gasteiger partial charge in [0, 0.05) is 37.2 Å². The lowest BCUT2D eigenvalue weighted by molar-refractivity contribution is 0.183. The first-order valence-electron chi connectivity index (χ1n) is 12.5. The van der Waals surface area contributed by atoms with E-state index in [0.29, 0.717) is 11.0 Å². The third kappa shape index (κ3) is 5.12. The van der Waals surface area contributed by atoms with Crippen LogP contribution in [-0.2, 0) is 0 Å². The zero-order valence-electron chi connectivity index (χ0n) is 20.3. The van der Waals surface area contributed by atoms with E-state index in [1.54, 1.807) is 4.57 Å². The highest BCUT2D eigenvalue weighted by Gasteiger charge is 2.24. The van der Waals surface area contributed by atoms with E-state index in [2.05, 4.69) is 41.1 Å². The van der Waals surface area contributed by atoms with Gasteiger partial charge in [-0.1, -0.05) is 42.0 Å². The molecule has 0 spiro atoms. The monoisotopic (exact) mass is 493 g/mol. The first-order chi connectivity index (χ1) is 17.4. The van der Waals surface area contributed by atoms with E-state index in [1.165, 1.54) is 23.3 Å². The molecule has 7 heteroatoms. The van der Waals surface area contributed by atoms with Crippen LogP contribution in [0.15, 0.2) is 65.5 Å². The number of hydrogen-bond donors (Lipinski definition) is 1. The lowest BCUT2D eigenvalue weighted by atomic mass is 9.87.